The van der Waals surface area contributed by atoms with Crippen molar-refractivity contribution in [3.63, 3.8) is 0 Å². The summed E-state index contributed by atoms with van der Waals surface area (Å²) < 4.78 is 7.44. The molecule has 0 aliphatic carbocycles. The number of para-hydroxylation sites is 2. The Balaban J connectivity index is 1.35. The number of piperidine rings is 1. The Morgan fingerprint density at radius 2 is 2.07 bits per heavy atom. The smallest absolute Gasteiger partial charge is 0.225 e. The maximum atomic E-state index is 12.8. The number of carbonyl (C=O) groups excluding carboxylic acids is 1. The molecule has 8 nitrogen and oxygen atoms in total. The average molecular weight is 409 g/mol. The third kappa shape index (κ3) is 4.59. The Hall–Kier alpha value is -3.00. The first-order valence-corrected chi connectivity index (χ1v) is 10.5. The number of benzene rings is 1. The van der Waals surface area contributed by atoms with Crippen LogP contribution in [0.5, 0.6) is 0 Å². The summed E-state index contributed by atoms with van der Waals surface area (Å²) in [5.74, 6) is 1.71. The molecule has 1 N–H and O–H groups in total. The monoisotopic (exact) mass is 408 g/mol. The van der Waals surface area contributed by atoms with Crippen LogP contribution in [0, 0.1) is 5.92 Å². The number of hydrogen-bond donors (Lipinski definition) is 1. The third-order valence-corrected chi connectivity index (χ3v) is 5.53. The summed E-state index contributed by atoms with van der Waals surface area (Å²) in [6, 6.07) is 9.90. The first-order valence-electron chi connectivity index (χ1n) is 10.5. The van der Waals surface area contributed by atoms with Crippen LogP contribution >= 0.6 is 0 Å². The SMILES string of the molecule is COCCn1c(CCNC(=O)C2CCCN(c3ncccn3)C2)nc2ccccc21. The molecule has 1 amide bonds. The summed E-state index contributed by atoms with van der Waals surface area (Å²) in [5.41, 5.74) is 2.07. The number of imidazole rings is 1. The first-order chi connectivity index (χ1) is 14.8. The van der Waals surface area contributed by atoms with Crippen molar-refractivity contribution in [3.8, 4) is 0 Å². The van der Waals surface area contributed by atoms with E-state index in [9.17, 15) is 4.79 Å². The number of fused-ring (bicyclic) bond motifs is 1. The van der Waals surface area contributed by atoms with E-state index in [0.717, 1.165) is 42.8 Å². The minimum atomic E-state index is -0.0464. The highest BCUT2D eigenvalue weighted by Gasteiger charge is 2.26. The van der Waals surface area contributed by atoms with Crippen LogP contribution in [-0.4, -0.2) is 58.8 Å². The van der Waals surface area contributed by atoms with Gasteiger partial charge in [-0.1, -0.05) is 12.1 Å². The molecule has 30 heavy (non-hydrogen) atoms. The molecule has 1 atom stereocenters. The van der Waals surface area contributed by atoms with Gasteiger partial charge in [-0.25, -0.2) is 15.0 Å². The number of ether oxygens (including phenoxy) is 1. The number of nitrogens with one attached hydrogen (secondary N) is 1. The Morgan fingerprint density at radius 3 is 2.90 bits per heavy atom. The highest BCUT2D eigenvalue weighted by molar-refractivity contribution is 5.79. The van der Waals surface area contributed by atoms with Crippen molar-refractivity contribution in [3.05, 3.63) is 48.5 Å². The molecule has 158 valence electrons. The molecule has 8 heteroatoms. The number of amides is 1. The van der Waals surface area contributed by atoms with Gasteiger partial charge in [0, 0.05) is 52.1 Å². The molecule has 3 heterocycles. The molecule has 1 saturated heterocycles. The fraction of sp³-hybridized carbons (Fsp3) is 0.455. The summed E-state index contributed by atoms with van der Waals surface area (Å²) in [4.78, 5) is 28.3. The van der Waals surface area contributed by atoms with E-state index in [1.165, 1.54) is 0 Å². The zero-order valence-corrected chi connectivity index (χ0v) is 17.3. The fourth-order valence-corrected chi connectivity index (χ4v) is 4.02. The molecule has 4 rings (SSSR count). The van der Waals surface area contributed by atoms with Crippen LogP contribution in [0.15, 0.2) is 42.7 Å². The molecular formula is C22H28N6O2. The van der Waals surface area contributed by atoms with Gasteiger partial charge in [0.25, 0.3) is 0 Å². The van der Waals surface area contributed by atoms with Crippen molar-refractivity contribution >= 4 is 22.9 Å². The summed E-state index contributed by atoms with van der Waals surface area (Å²) in [6.45, 7) is 3.47. The quantitative estimate of drug-likeness (QED) is 0.614. The van der Waals surface area contributed by atoms with E-state index in [2.05, 4.69) is 30.8 Å². The van der Waals surface area contributed by atoms with Crippen molar-refractivity contribution in [2.24, 2.45) is 5.92 Å². The van der Waals surface area contributed by atoms with Crippen molar-refractivity contribution < 1.29 is 9.53 Å². The zero-order chi connectivity index (χ0) is 20.8. The molecule has 1 unspecified atom stereocenters. The number of carbonyl (C=O) groups is 1. The Labute approximate surface area is 176 Å². The summed E-state index contributed by atoms with van der Waals surface area (Å²) in [5, 5.41) is 3.11. The van der Waals surface area contributed by atoms with E-state index in [-0.39, 0.29) is 11.8 Å². The summed E-state index contributed by atoms with van der Waals surface area (Å²) >= 11 is 0. The van der Waals surface area contributed by atoms with E-state index in [1.54, 1.807) is 25.6 Å². The van der Waals surface area contributed by atoms with E-state index >= 15 is 0 Å². The maximum Gasteiger partial charge on any atom is 0.225 e. The molecule has 1 aliphatic rings. The molecule has 3 aromatic rings. The standard InChI is InChI=1S/C22H28N6O2/c1-30-15-14-28-19-8-3-2-7-18(19)26-20(28)9-12-23-21(29)17-6-4-13-27(16-17)22-24-10-5-11-25-22/h2-3,5,7-8,10-11,17H,4,6,9,12-16H2,1H3,(H,23,29). The van der Waals surface area contributed by atoms with E-state index in [4.69, 9.17) is 9.72 Å². The minimum Gasteiger partial charge on any atom is -0.383 e. The summed E-state index contributed by atoms with van der Waals surface area (Å²) in [7, 11) is 1.70. The van der Waals surface area contributed by atoms with E-state index < -0.39 is 0 Å². The van der Waals surface area contributed by atoms with Gasteiger partial charge < -0.3 is 19.5 Å². The number of nitrogens with zero attached hydrogens (tertiary/aromatic N) is 5. The number of aromatic nitrogens is 4. The minimum absolute atomic E-state index is 0.0464. The highest BCUT2D eigenvalue weighted by Crippen LogP contribution is 2.20. The molecule has 0 spiro atoms. The predicted molar refractivity (Wildman–Crippen MR) is 115 cm³/mol. The van der Waals surface area contributed by atoms with Crippen molar-refractivity contribution in [1.29, 1.82) is 0 Å². The number of anilines is 1. The topological polar surface area (TPSA) is 85.2 Å². The molecule has 0 saturated carbocycles. The van der Waals surface area contributed by atoms with Gasteiger partial charge in [-0.05, 0) is 31.0 Å². The molecule has 0 radical (unpaired) electrons. The van der Waals surface area contributed by atoms with Gasteiger partial charge in [0.15, 0.2) is 0 Å². The molecule has 1 aromatic carbocycles. The molecule has 0 bridgehead atoms. The predicted octanol–water partition coefficient (Wildman–Crippen LogP) is 2.05. The molecule has 2 aromatic heterocycles. The normalized spacial score (nSPS) is 16.7. The maximum absolute atomic E-state index is 12.8. The molecule has 1 aliphatic heterocycles. The lowest BCUT2D eigenvalue weighted by atomic mass is 9.97. The number of methoxy groups -OCH3 is 1. The average Bonchev–Trinajstić information content (AvgIpc) is 3.15. The van der Waals surface area contributed by atoms with Crippen LogP contribution in [0.25, 0.3) is 11.0 Å². The van der Waals surface area contributed by atoms with E-state index in [0.29, 0.717) is 32.1 Å². The van der Waals surface area contributed by atoms with E-state index in [1.807, 2.05) is 18.2 Å². The Morgan fingerprint density at radius 1 is 1.23 bits per heavy atom. The molecular weight excluding hydrogens is 380 g/mol. The molecule has 1 fully saturated rings. The van der Waals surface area contributed by atoms with Crippen LogP contribution in [0.2, 0.25) is 0 Å². The van der Waals surface area contributed by atoms with Gasteiger partial charge in [0.1, 0.15) is 5.82 Å². The number of rotatable bonds is 8. The van der Waals surface area contributed by atoms with Gasteiger partial charge in [0.2, 0.25) is 11.9 Å². The van der Waals surface area contributed by atoms with Crippen LogP contribution < -0.4 is 10.2 Å². The van der Waals surface area contributed by atoms with Crippen molar-refractivity contribution in [2.75, 3.05) is 38.3 Å². The number of hydrogen-bond acceptors (Lipinski definition) is 6. The van der Waals surface area contributed by atoms with Crippen LogP contribution in [0.3, 0.4) is 0 Å². The van der Waals surface area contributed by atoms with Gasteiger partial charge in [0.05, 0.1) is 23.6 Å². The fourth-order valence-electron chi connectivity index (χ4n) is 4.02. The van der Waals surface area contributed by atoms with Gasteiger partial charge in [-0.2, -0.15) is 0 Å². The highest BCUT2D eigenvalue weighted by atomic mass is 16.5. The van der Waals surface area contributed by atoms with Crippen LogP contribution in [0.4, 0.5) is 5.95 Å². The van der Waals surface area contributed by atoms with Crippen molar-refractivity contribution in [2.45, 2.75) is 25.8 Å². The Bertz CT molecular complexity index is 974. The lowest BCUT2D eigenvalue weighted by molar-refractivity contribution is -0.125. The Kier molecular flexibility index (Phi) is 6.53. The zero-order valence-electron chi connectivity index (χ0n) is 17.3. The second-order valence-corrected chi connectivity index (χ2v) is 7.54. The van der Waals surface area contributed by atoms with Gasteiger partial charge in [-0.15, -0.1) is 0 Å². The second-order valence-electron chi connectivity index (χ2n) is 7.54. The lowest BCUT2D eigenvalue weighted by Crippen LogP contribution is -2.44. The van der Waals surface area contributed by atoms with Crippen LogP contribution in [-0.2, 0) is 22.5 Å². The van der Waals surface area contributed by atoms with Gasteiger partial charge in [-0.3, -0.25) is 4.79 Å². The van der Waals surface area contributed by atoms with Crippen molar-refractivity contribution in [1.82, 2.24) is 24.8 Å². The van der Waals surface area contributed by atoms with Crippen LogP contribution in [0.1, 0.15) is 18.7 Å². The second kappa shape index (κ2) is 9.67. The summed E-state index contributed by atoms with van der Waals surface area (Å²) in [6.07, 6.45) is 6.01. The lowest BCUT2D eigenvalue weighted by Gasteiger charge is -2.31. The first kappa shape index (κ1) is 20.3. The third-order valence-electron chi connectivity index (χ3n) is 5.53. The van der Waals surface area contributed by atoms with Gasteiger partial charge >= 0.3 is 0 Å². The largest absolute Gasteiger partial charge is 0.383 e.